The minimum absolute atomic E-state index is 0.208. The van der Waals surface area contributed by atoms with Crippen LogP contribution in [0.15, 0.2) is 72.9 Å². The maximum absolute atomic E-state index is 13.4. The fourth-order valence-corrected chi connectivity index (χ4v) is 10.4. The third kappa shape index (κ3) is 29.7. The van der Waals surface area contributed by atoms with Gasteiger partial charge in [0.1, 0.15) is 73.2 Å². The summed E-state index contributed by atoms with van der Waals surface area (Å²) in [7, 11) is 0. The van der Waals surface area contributed by atoms with E-state index in [9.17, 15) is 61.0 Å². The van der Waals surface area contributed by atoms with Crippen molar-refractivity contribution in [2.24, 2.45) is 0 Å². The van der Waals surface area contributed by atoms with Crippen LogP contribution in [-0.2, 0) is 33.2 Å². The van der Waals surface area contributed by atoms with Crippen LogP contribution >= 0.6 is 0 Å². The van der Waals surface area contributed by atoms with Gasteiger partial charge < -0.3 is 89.9 Å². The Labute approximate surface area is 496 Å². The van der Waals surface area contributed by atoms with Crippen molar-refractivity contribution in [1.29, 1.82) is 0 Å². The average molecular weight is 1180 g/mol. The first-order valence-corrected chi connectivity index (χ1v) is 31.7. The number of unbranched alkanes of at least 4 members (excludes halogenated alkanes) is 18. The van der Waals surface area contributed by atoms with E-state index in [0.717, 1.165) is 70.6 Å². The van der Waals surface area contributed by atoms with Crippen LogP contribution in [0.4, 0.5) is 0 Å². The third-order valence-electron chi connectivity index (χ3n) is 15.5. The Kier molecular flexibility index (Phi) is 41.6. The molecule has 3 aliphatic rings. The van der Waals surface area contributed by atoms with Crippen LogP contribution in [0.1, 0.15) is 194 Å². The molecule has 3 saturated heterocycles. The Morgan fingerprint density at radius 2 is 0.831 bits per heavy atom. The summed E-state index contributed by atoms with van der Waals surface area (Å²) in [6.07, 6.45) is 28.3. The van der Waals surface area contributed by atoms with E-state index in [1.54, 1.807) is 0 Å². The van der Waals surface area contributed by atoms with Crippen molar-refractivity contribution in [2.45, 2.75) is 298 Å². The molecule has 83 heavy (non-hydrogen) atoms. The molecule has 0 aromatic carbocycles. The van der Waals surface area contributed by atoms with Crippen LogP contribution in [0.5, 0.6) is 0 Å². The van der Waals surface area contributed by atoms with Crippen molar-refractivity contribution < 1.29 is 89.4 Å². The quantitative estimate of drug-likeness (QED) is 0.0226. The lowest BCUT2D eigenvalue weighted by molar-refractivity contribution is -0.379. The van der Waals surface area contributed by atoms with Gasteiger partial charge in [0.15, 0.2) is 18.9 Å². The number of carbonyl (C=O) groups excluding carboxylic acids is 1. The van der Waals surface area contributed by atoms with Crippen LogP contribution < -0.4 is 5.32 Å². The summed E-state index contributed by atoms with van der Waals surface area (Å²) >= 11 is 0. The van der Waals surface area contributed by atoms with E-state index in [1.165, 1.54) is 83.5 Å². The van der Waals surface area contributed by atoms with Crippen molar-refractivity contribution >= 4 is 5.91 Å². The summed E-state index contributed by atoms with van der Waals surface area (Å²) in [4.78, 5) is 13.4. The molecule has 1 amide bonds. The zero-order valence-corrected chi connectivity index (χ0v) is 50.1. The Balaban J connectivity index is 1.50. The van der Waals surface area contributed by atoms with Gasteiger partial charge in [0.2, 0.25) is 5.91 Å². The van der Waals surface area contributed by atoms with Crippen molar-refractivity contribution in [2.75, 3.05) is 26.4 Å². The average Bonchev–Trinajstić information content (AvgIpc) is 3.34. The van der Waals surface area contributed by atoms with E-state index in [0.29, 0.717) is 19.3 Å². The van der Waals surface area contributed by atoms with Gasteiger partial charge in [0, 0.05) is 6.42 Å². The topological polar surface area (TPSA) is 307 Å². The van der Waals surface area contributed by atoms with Gasteiger partial charge in [-0.25, -0.2) is 0 Å². The molecule has 0 saturated carbocycles. The number of ether oxygens (including phenoxy) is 6. The minimum atomic E-state index is -1.98. The second kappa shape index (κ2) is 46.4. The van der Waals surface area contributed by atoms with Crippen molar-refractivity contribution in [3.8, 4) is 0 Å². The number of allylic oxidation sites excluding steroid dienone is 12. The molecule has 0 radical (unpaired) electrons. The molecule has 0 aromatic rings. The second-order valence-corrected chi connectivity index (χ2v) is 22.5. The van der Waals surface area contributed by atoms with Crippen molar-refractivity contribution in [1.82, 2.24) is 5.32 Å². The predicted molar refractivity (Wildman–Crippen MR) is 318 cm³/mol. The Morgan fingerprint density at radius 1 is 0.446 bits per heavy atom. The minimum Gasteiger partial charge on any atom is -0.394 e. The van der Waals surface area contributed by atoms with Crippen LogP contribution in [0.3, 0.4) is 0 Å². The highest BCUT2D eigenvalue weighted by atomic mass is 16.8. The highest BCUT2D eigenvalue weighted by Crippen LogP contribution is 2.33. The molecule has 480 valence electrons. The molecule has 0 aromatic heterocycles. The molecule has 3 rings (SSSR count). The van der Waals surface area contributed by atoms with E-state index in [4.69, 9.17) is 28.4 Å². The number of carbonyl (C=O) groups is 1. The molecular formula is C64H111NO18. The monoisotopic (exact) mass is 1180 g/mol. The van der Waals surface area contributed by atoms with Crippen LogP contribution in [0.2, 0.25) is 0 Å². The van der Waals surface area contributed by atoms with Gasteiger partial charge in [0.25, 0.3) is 0 Å². The zero-order valence-electron chi connectivity index (χ0n) is 50.1. The highest BCUT2D eigenvalue weighted by molar-refractivity contribution is 5.76. The lowest BCUT2D eigenvalue weighted by Crippen LogP contribution is -2.66. The number of amides is 1. The predicted octanol–water partition coefficient (Wildman–Crippen LogP) is 6.60. The smallest absolute Gasteiger partial charge is 0.220 e. The number of hydrogen-bond donors (Lipinski definition) is 12. The molecule has 0 aliphatic carbocycles. The molecule has 3 aliphatic heterocycles. The normalized spacial score (nSPS) is 29.9. The van der Waals surface area contributed by atoms with Gasteiger partial charge >= 0.3 is 0 Å². The number of aliphatic hydroxyl groups is 11. The number of nitrogens with one attached hydrogen (secondary N) is 1. The van der Waals surface area contributed by atoms with E-state index < -0.39 is 124 Å². The fraction of sp³-hybridized carbons (Fsp3) is 0.797. The molecule has 0 bridgehead atoms. The first-order chi connectivity index (χ1) is 40.3. The van der Waals surface area contributed by atoms with Gasteiger partial charge in [-0.2, -0.15) is 0 Å². The summed E-state index contributed by atoms with van der Waals surface area (Å²) in [5.41, 5.74) is 0. The van der Waals surface area contributed by atoms with Gasteiger partial charge in [-0.15, -0.1) is 0 Å². The molecule has 17 atom stereocenters. The molecule has 3 heterocycles. The molecular weight excluding hydrogens is 1070 g/mol. The van der Waals surface area contributed by atoms with E-state index >= 15 is 0 Å². The van der Waals surface area contributed by atoms with E-state index in [-0.39, 0.29) is 18.9 Å². The summed E-state index contributed by atoms with van der Waals surface area (Å²) in [5, 5.41) is 120. The standard InChI is InChI=1S/C64H111NO18/c1-3-5-7-9-11-13-15-17-19-21-22-23-24-26-28-30-32-34-36-38-40-42-52(70)65-47(48(69)41-39-37-35-33-31-29-27-25-20-18-16-14-12-10-8-6-4-2)46-78-62-58(76)55(73)60(50(44-67)80-62)83-64-59(77)56(74)61(51(45-68)81-64)82-63-57(75)54(72)53(71)49(43-66)79-63/h5,7,11,13,17,19,22-23,26,28,32,34,47-51,53-64,66-69,71-77H,3-4,6,8-10,12,14-16,18,20-21,24-25,27,29-31,33,35-46H2,1-2H3,(H,65,70)/b7-5-,13-11-,19-17-,23-22-,28-26-,34-32-. The van der Waals surface area contributed by atoms with Gasteiger partial charge in [0.05, 0.1) is 38.6 Å². The van der Waals surface area contributed by atoms with Crippen molar-refractivity contribution in [3.63, 3.8) is 0 Å². The Morgan fingerprint density at radius 3 is 1.28 bits per heavy atom. The summed E-state index contributed by atoms with van der Waals surface area (Å²) in [5.74, 6) is -0.287. The van der Waals surface area contributed by atoms with E-state index in [1.807, 2.05) is 0 Å². The maximum Gasteiger partial charge on any atom is 0.220 e. The fourth-order valence-electron chi connectivity index (χ4n) is 10.4. The summed E-state index contributed by atoms with van der Waals surface area (Å²) < 4.78 is 34.3. The zero-order chi connectivity index (χ0) is 60.5. The molecule has 12 N–H and O–H groups in total. The molecule has 3 fully saturated rings. The first kappa shape index (κ1) is 74.5. The largest absolute Gasteiger partial charge is 0.394 e. The van der Waals surface area contributed by atoms with Crippen LogP contribution in [0.25, 0.3) is 0 Å². The lowest BCUT2D eigenvalue weighted by atomic mass is 9.96. The molecule has 19 heteroatoms. The lowest BCUT2D eigenvalue weighted by Gasteiger charge is -2.48. The van der Waals surface area contributed by atoms with Crippen LogP contribution in [0, 0.1) is 0 Å². The second-order valence-electron chi connectivity index (χ2n) is 22.5. The van der Waals surface area contributed by atoms with E-state index in [2.05, 4.69) is 92.1 Å². The number of hydrogen-bond acceptors (Lipinski definition) is 18. The summed E-state index contributed by atoms with van der Waals surface area (Å²) in [6, 6.07) is -0.915. The number of rotatable bonds is 46. The van der Waals surface area contributed by atoms with Crippen LogP contribution in [-0.4, -0.2) is 193 Å². The van der Waals surface area contributed by atoms with Gasteiger partial charge in [-0.05, 0) is 64.2 Å². The Bertz CT molecular complexity index is 1790. The van der Waals surface area contributed by atoms with Gasteiger partial charge in [-0.3, -0.25) is 4.79 Å². The maximum atomic E-state index is 13.4. The number of aliphatic hydroxyl groups excluding tert-OH is 11. The van der Waals surface area contributed by atoms with Crippen molar-refractivity contribution in [3.05, 3.63) is 72.9 Å². The Hall–Kier alpha value is -2.77. The molecule has 0 spiro atoms. The first-order valence-electron chi connectivity index (χ1n) is 31.7. The molecule has 19 nitrogen and oxygen atoms in total. The SMILES string of the molecule is CC/C=C\C/C=C\C/C=C\C/C=C\C/C=C\C/C=C\CCCCC(=O)NC(COC1OC(CO)C(OC2OC(CO)C(OC3OC(CO)C(O)C(O)C3O)C(O)C2O)C(O)C1O)C(O)CCCCCCCCCCCCCCCCCCC. The highest BCUT2D eigenvalue weighted by Gasteiger charge is 2.53. The molecule has 17 unspecified atom stereocenters. The summed E-state index contributed by atoms with van der Waals surface area (Å²) in [6.45, 7) is 1.64. The third-order valence-corrected chi connectivity index (χ3v) is 15.5. The van der Waals surface area contributed by atoms with Gasteiger partial charge in [-0.1, -0.05) is 196 Å².